The van der Waals surface area contributed by atoms with Crippen molar-refractivity contribution >= 4 is 28.4 Å². The number of thioether (sulfide) groups is 1. The molecule has 0 saturated heterocycles. The third-order valence-corrected chi connectivity index (χ3v) is 4.29. The summed E-state index contributed by atoms with van der Waals surface area (Å²) in [5.41, 5.74) is 8.89. The molecule has 2 aromatic carbocycles. The van der Waals surface area contributed by atoms with E-state index in [4.69, 9.17) is 5.73 Å². The molecule has 6 heteroatoms. The summed E-state index contributed by atoms with van der Waals surface area (Å²) >= 11 is 1.20. The molecule has 4 rings (SSSR count). The van der Waals surface area contributed by atoms with Crippen molar-refractivity contribution in [1.82, 2.24) is 15.2 Å². The summed E-state index contributed by atoms with van der Waals surface area (Å²) in [7, 11) is 0. The summed E-state index contributed by atoms with van der Waals surface area (Å²) in [5, 5.41) is 11.2. The molecule has 21 heavy (non-hydrogen) atoms. The second kappa shape index (κ2) is 4.53. The van der Waals surface area contributed by atoms with Crippen molar-refractivity contribution in [3.63, 3.8) is 0 Å². The number of nitrogens with two attached hydrogens (primary N) is 1. The Balaban J connectivity index is 1.88. The van der Waals surface area contributed by atoms with Crippen molar-refractivity contribution in [2.75, 3.05) is 5.75 Å². The molecular weight excluding hydrogens is 284 g/mol. The summed E-state index contributed by atoms with van der Waals surface area (Å²) in [6, 6.07) is 12.2. The van der Waals surface area contributed by atoms with E-state index >= 15 is 0 Å². The first-order valence-corrected chi connectivity index (χ1v) is 7.41. The smallest absolute Gasteiger partial charge is 0.227 e. The van der Waals surface area contributed by atoms with Crippen molar-refractivity contribution < 1.29 is 4.79 Å². The summed E-state index contributed by atoms with van der Waals surface area (Å²) < 4.78 is 0. The quantitative estimate of drug-likeness (QED) is 0.586. The highest BCUT2D eigenvalue weighted by Crippen LogP contribution is 2.44. The van der Waals surface area contributed by atoms with E-state index < -0.39 is 5.91 Å². The minimum Gasteiger partial charge on any atom is -0.369 e. The van der Waals surface area contributed by atoms with Crippen LogP contribution < -0.4 is 5.73 Å². The van der Waals surface area contributed by atoms with Crippen molar-refractivity contribution in [2.24, 2.45) is 5.73 Å². The molecule has 0 fully saturated rings. The molecule has 0 atom stereocenters. The van der Waals surface area contributed by atoms with Gasteiger partial charge in [-0.25, -0.2) is 4.98 Å². The molecule has 0 aliphatic heterocycles. The Morgan fingerprint density at radius 3 is 2.48 bits per heavy atom. The fourth-order valence-corrected chi connectivity index (χ4v) is 3.14. The molecule has 1 aliphatic carbocycles. The number of hydrogen-bond acceptors (Lipinski definition) is 5. The van der Waals surface area contributed by atoms with Gasteiger partial charge in [-0.2, -0.15) is 0 Å². The molecule has 1 aromatic heterocycles. The fraction of sp³-hybridized carbons (Fsp3) is 0.0667. The van der Waals surface area contributed by atoms with Gasteiger partial charge >= 0.3 is 0 Å². The van der Waals surface area contributed by atoms with Gasteiger partial charge in [-0.15, -0.1) is 10.2 Å². The highest BCUT2D eigenvalue weighted by atomic mass is 32.2. The Morgan fingerprint density at radius 2 is 1.76 bits per heavy atom. The fourth-order valence-electron chi connectivity index (χ4n) is 2.61. The minimum absolute atomic E-state index is 0.150. The van der Waals surface area contributed by atoms with Crippen molar-refractivity contribution in [3.8, 4) is 22.5 Å². The first kappa shape index (κ1) is 12.3. The lowest BCUT2D eigenvalue weighted by Crippen LogP contribution is -2.13. The van der Waals surface area contributed by atoms with Crippen LogP contribution in [0.4, 0.5) is 0 Å². The van der Waals surface area contributed by atoms with Gasteiger partial charge in [-0.3, -0.25) is 4.79 Å². The predicted octanol–water partition coefficient (Wildman–Crippen LogP) is 2.25. The van der Waals surface area contributed by atoms with Gasteiger partial charge in [-0.1, -0.05) is 48.2 Å². The first-order valence-electron chi connectivity index (χ1n) is 6.42. The maximum absolute atomic E-state index is 10.9. The Morgan fingerprint density at radius 1 is 1.05 bits per heavy atom. The van der Waals surface area contributed by atoms with Crippen LogP contribution in [0.3, 0.4) is 0 Å². The van der Waals surface area contributed by atoms with Gasteiger partial charge in [0.05, 0.1) is 5.75 Å². The lowest BCUT2D eigenvalue weighted by Gasteiger charge is -2.01. The number of carbonyl (C=O) groups is 1. The molecule has 102 valence electrons. The highest BCUT2D eigenvalue weighted by molar-refractivity contribution is 7.99. The van der Waals surface area contributed by atoms with E-state index in [0.717, 1.165) is 33.3 Å². The average Bonchev–Trinajstić information content (AvgIpc) is 2.82. The Kier molecular flexibility index (Phi) is 2.65. The number of hydrogen-bond donors (Lipinski definition) is 1. The summed E-state index contributed by atoms with van der Waals surface area (Å²) in [5.74, 6) is -0.244. The van der Waals surface area contributed by atoms with Crippen molar-refractivity contribution in [2.45, 2.75) is 5.16 Å². The predicted molar refractivity (Wildman–Crippen MR) is 81.7 cm³/mol. The third-order valence-electron chi connectivity index (χ3n) is 3.43. The van der Waals surface area contributed by atoms with E-state index in [9.17, 15) is 4.79 Å². The maximum atomic E-state index is 10.9. The summed E-state index contributed by atoms with van der Waals surface area (Å²) in [6.45, 7) is 0. The molecule has 2 N–H and O–H groups in total. The molecule has 0 radical (unpaired) electrons. The standard InChI is InChI=1S/C15H10N4OS/c16-11(20)7-21-15-17-13-9-5-1-3-8-4-2-6-10(12(8)9)14(13)18-19-15/h1-6H,7H2,(H2,16,20). The molecule has 1 heterocycles. The zero-order chi connectivity index (χ0) is 14.4. The zero-order valence-corrected chi connectivity index (χ0v) is 11.7. The molecule has 3 aromatic rings. The monoisotopic (exact) mass is 294 g/mol. The van der Waals surface area contributed by atoms with Crippen LogP contribution in [0.1, 0.15) is 0 Å². The highest BCUT2D eigenvalue weighted by Gasteiger charge is 2.24. The normalized spacial score (nSPS) is 11.6. The van der Waals surface area contributed by atoms with Crippen molar-refractivity contribution in [1.29, 1.82) is 0 Å². The molecule has 5 nitrogen and oxygen atoms in total. The van der Waals surface area contributed by atoms with Crippen molar-refractivity contribution in [3.05, 3.63) is 36.4 Å². The number of amides is 1. The van der Waals surface area contributed by atoms with Crippen LogP contribution in [0, 0.1) is 0 Å². The number of benzene rings is 2. The number of aromatic nitrogens is 3. The van der Waals surface area contributed by atoms with E-state index in [1.54, 1.807) is 0 Å². The Hall–Kier alpha value is -2.47. The van der Waals surface area contributed by atoms with E-state index in [-0.39, 0.29) is 5.75 Å². The molecule has 0 spiro atoms. The second-order valence-electron chi connectivity index (χ2n) is 4.76. The van der Waals surface area contributed by atoms with Crippen LogP contribution >= 0.6 is 11.8 Å². The van der Waals surface area contributed by atoms with Gasteiger partial charge in [0.25, 0.3) is 0 Å². The lowest BCUT2D eigenvalue weighted by molar-refractivity contribution is -0.115. The van der Waals surface area contributed by atoms with E-state index in [1.165, 1.54) is 11.8 Å². The topological polar surface area (TPSA) is 81.8 Å². The van der Waals surface area contributed by atoms with Gasteiger partial charge in [0.15, 0.2) is 0 Å². The molecule has 1 aliphatic rings. The number of fused-ring (bicyclic) bond motifs is 3. The van der Waals surface area contributed by atoms with Crippen LogP contribution in [-0.4, -0.2) is 26.8 Å². The van der Waals surface area contributed by atoms with Gasteiger partial charge in [-0.05, 0) is 5.39 Å². The lowest BCUT2D eigenvalue weighted by atomic mass is 10.0. The molecule has 0 unspecified atom stereocenters. The molecule has 1 amide bonds. The first-order chi connectivity index (χ1) is 10.2. The number of nitrogens with zero attached hydrogens (tertiary/aromatic N) is 3. The van der Waals surface area contributed by atoms with E-state index in [0.29, 0.717) is 5.16 Å². The van der Waals surface area contributed by atoms with Gasteiger partial charge in [0.1, 0.15) is 11.4 Å². The summed E-state index contributed by atoms with van der Waals surface area (Å²) in [6.07, 6.45) is 0. The van der Waals surface area contributed by atoms with Crippen LogP contribution in [-0.2, 0) is 4.79 Å². The second-order valence-corrected chi connectivity index (χ2v) is 5.70. The molecule has 0 saturated carbocycles. The van der Waals surface area contributed by atoms with Crippen LogP contribution in [0.25, 0.3) is 33.3 Å². The van der Waals surface area contributed by atoms with Gasteiger partial charge in [0, 0.05) is 16.5 Å². The maximum Gasteiger partial charge on any atom is 0.227 e. The molecule has 0 bridgehead atoms. The minimum atomic E-state index is -0.394. The Bertz CT molecular complexity index is 889. The van der Waals surface area contributed by atoms with Gasteiger partial charge in [0.2, 0.25) is 11.1 Å². The SMILES string of the molecule is NC(=O)CSc1nnc2c(n1)-c1cccc3cccc-2c13. The largest absolute Gasteiger partial charge is 0.369 e. The number of rotatable bonds is 3. The molecular formula is C15H10N4OS. The van der Waals surface area contributed by atoms with E-state index in [1.807, 2.05) is 24.3 Å². The van der Waals surface area contributed by atoms with E-state index in [2.05, 4.69) is 27.3 Å². The Labute approximate surface area is 124 Å². The van der Waals surface area contributed by atoms with Crippen LogP contribution in [0.5, 0.6) is 0 Å². The summed E-state index contributed by atoms with van der Waals surface area (Å²) in [4.78, 5) is 15.4. The number of primary amides is 1. The van der Waals surface area contributed by atoms with Gasteiger partial charge < -0.3 is 5.73 Å². The zero-order valence-electron chi connectivity index (χ0n) is 10.9. The van der Waals surface area contributed by atoms with Crippen LogP contribution in [0.2, 0.25) is 0 Å². The third kappa shape index (κ3) is 1.87. The van der Waals surface area contributed by atoms with Crippen LogP contribution in [0.15, 0.2) is 41.6 Å². The average molecular weight is 294 g/mol. The number of carbonyl (C=O) groups excluding carboxylic acids is 1.